The summed E-state index contributed by atoms with van der Waals surface area (Å²) in [6.07, 6.45) is 7.55. The number of allylic oxidation sites excluding steroid dienone is 3. The van der Waals surface area contributed by atoms with Crippen molar-refractivity contribution in [2.45, 2.75) is 20.8 Å². The molecule has 0 fully saturated rings. The summed E-state index contributed by atoms with van der Waals surface area (Å²) in [7, 11) is 0. The summed E-state index contributed by atoms with van der Waals surface area (Å²) in [6.45, 7) is 10.1. The average Bonchev–Trinajstić information content (AvgIpc) is 2.10. The highest BCUT2D eigenvalue weighted by Gasteiger charge is 1.80. The zero-order valence-electron chi connectivity index (χ0n) is 7.80. The lowest BCUT2D eigenvalue weighted by molar-refractivity contribution is 1.18. The number of rotatable bonds is 3. The van der Waals surface area contributed by atoms with E-state index in [-0.39, 0.29) is 0 Å². The maximum absolute atomic E-state index is 5.37. The molecule has 0 unspecified atom stereocenters. The lowest BCUT2D eigenvalue weighted by atomic mass is 10.2. The fourth-order valence-electron chi connectivity index (χ4n) is 0.474. The highest BCUT2D eigenvalue weighted by Crippen LogP contribution is 1.92. The minimum absolute atomic E-state index is 0.598. The fourth-order valence-corrected chi connectivity index (χ4v) is 0.474. The van der Waals surface area contributed by atoms with Crippen molar-refractivity contribution in [3.8, 4) is 0 Å². The minimum atomic E-state index is 0.598. The number of hydrogen-bond acceptors (Lipinski definition) is 1. The van der Waals surface area contributed by atoms with Gasteiger partial charge in [0, 0.05) is 6.54 Å². The summed E-state index contributed by atoms with van der Waals surface area (Å²) in [6, 6.07) is 0. The zero-order valence-corrected chi connectivity index (χ0v) is 7.80. The second-order valence-electron chi connectivity index (χ2n) is 1.66. The van der Waals surface area contributed by atoms with Gasteiger partial charge in [0.15, 0.2) is 0 Å². The van der Waals surface area contributed by atoms with Crippen molar-refractivity contribution in [2.24, 2.45) is 5.73 Å². The first-order valence-electron chi connectivity index (χ1n) is 3.99. The van der Waals surface area contributed by atoms with E-state index in [1.807, 2.05) is 39.0 Å². The van der Waals surface area contributed by atoms with Crippen LogP contribution in [0.1, 0.15) is 20.8 Å². The van der Waals surface area contributed by atoms with E-state index in [1.54, 1.807) is 6.08 Å². The van der Waals surface area contributed by atoms with Crippen LogP contribution in [0.25, 0.3) is 0 Å². The third-order valence-electron chi connectivity index (χ3n) is 1.05. The molecule has 0 aliphatic heterocycles. The second kappa shape index (κ2) is 11.9. The van der Waals surface area contributed by atoms with Gasteiger partial charge in [0.25, 0.3) is 0 Å². The SMILES string of the molecule is C=C/C=C\C(=C/C)CN.CC. The van der Waals surface area contributed by atoms with E-state index in [0.717, 1.165) is 5.57 Å². The van der Waals surface area contributed by atoms with Crippen LogP contribution in [0.3, 0.4) is 0 Å². The maximum atomic E-state index is 5.37. The lowest BCUT2D eigenvalue weighted by Crippen LogP contribution is -1.99. The van der Waals surface area contributed by atoms with E-state index in [2.05, 4.69) is 6.58 Å². The highest BCUT2D eigenvalue weighted by molar-refractivity contribution is 5.21. The Balaban J connectivity index is 0. The molecule has 0 radical (unpaired) electrons. The molecule has 0 amide bonds. The predicted octanol–water partition coefficient (Wildman–Crippen LogP) is 2.66. The summed E-state index contributed by atoms with van der Waals surface area (Å²) in [5, 5.41) is 0. The molecule has 0 aliphatic carbocycles. The van der Waals surface area contributed by atoms with Crippen molar-refractivity contribution < 1.29 is 0 Å². The molecule has 2 N–H and O–H groups in total. The van der Waals surface area contributed by atoms with Crippen molar-refractivity contribution in [3.05, 3.63) is 36.5 Å². The van der Waals surface area contributed by atoms with Crippen molar-refractivity contribution in [1.29, 1.82) is 0 Å². The van der Waals surface area contributed by atoms with E-state index >= 15 is 0 Å². The van der Waals surface area contributed by atoms with E-state index in [4.69, 9.17) is 5.73 Å². The smallest absolute Gasteiger partial charge is 0.0174 e. The molecule has 0 aromatic heterocycles. The summed E-state index contributed by atoms with van der Waals surface area (Å²) >= 11 is 0. The Morgan fingerprint density at radius 1 is 1.45 bits per heavy atom. The number of nitrogens with two attached hydrogens (primary N) is 1. The first kappa shape index (κ1) is 12.8. The van der Waals surface area contributed by atoms with Crippen molar-refractivity contribution >= 4 is 0 Å². The molecule has 1 heteroatoms. The second-order valence-corrected chi connectivity index (χ2v) is 1.66. The summed E-state index contributed by atoms with van der Waals surface area (Å²) in [5.74, 6) is 0. The van der Waals surface area contributed by atoms with E-state index in [1.165, 1.54) is 0 Å². The maximum Gasteiger partial charge on any atom is 0.0174 e. The van der Waals surface area contributed by atoms with E-state index < -0.39 is 0 Å². The van der Waals surface area contributed by atoms with E-state index in [0.29, 0.717) is 6.54 Å². The van der Waals surface area contributed by atoms with Gasteiger partial charge in [-0.15, -0.1) is 0 Å². The molecule has 11 heavy (non-hydrogen) atoms. The normalized spacial score (nSPS) is 10.7. The van der Waals surface area contributed by atoms with Crippen LogP contribution in [-0.4, -0.2) is 6.54 Å². The van der Waals surface area contributed by atoms with Gasteiger partial charge in [0.05, 0.1) is 0 Å². The van der Waals surface area contributed by atoms with Gasteiger partial charge in [-0.1, -0.05) is 44.7 Å². The molecule has 0 aromatic carbocycles. The van der Waals surface area contributed by atoms with Crippen LogP contribution in [0.15, 0.2) is 36.5 Å². The Labute approximate surface area is 70.3 Å². The van der Waals surface area contributed by atoms with Crippen LogP contribution in [0.2, 0.25) is 0 Å². The van der Waals surface area contributed by atoms with Crippen molar-refractivity contribution in [3.63, 3.8) is 0 Å². The summed E-state index contributed by atoms with van der Waals surface area (Å²) in [5.41, 5.74) is 6.50. The van der Waals surface area contributed by atoms with Gasteiger partial charge in [-0.2, -0.15) is 0 Å². The minimum Gasteiger partial charge on any atom is -0.327 e. The molecule has 0 saturated carbocycles. The third-order valence-corrected chi connectivity index (χ3v) is 1.05. The van der Waals surface area contributed by atoms with Crippen LogP contribution >= 0.6 is 0 Å². The first-order chi connectivity index (χ1) is 5.35. The predicted molar refractivity (Wildman–Crippen MR) is 53.5 cm³/mol. The lowest BCUT2D eigenvalue weighted by Gasteiger charge is -1.90. The fraction of sp³-hybridized carbons (Fsp3) is 0.400. The van der Waals surface area contributed by atoms with Gasteiger partial charge >= 0.3 is 0 Å². The Bertz CT molecular complexity index is 132. The molecular weight excluding hydrogens is 134 g/mol. The summed E-state index contributed by atoms with van der Waals surface area (Å²) in [4.78, 5) is 0. The van der Waals surface area contributed by atoms with Crippen LogP contribution in [0.5, 0.6) is 0 Å². The van der Waals surface area contributed by atoms with Crippen LogP contribution in [-0.2, 0) is 0 Å². The molecule has 0 aliphatic rings. The third kappa shape index (κ3) is 9.18. The van der Waals surface area contributed by atoms with Crippen molar-refractivity contribution in [1.82, 2.24) is 0 Å². The molecule has 0 bridgehead atoms. The molecule has 0 atom stereocenters. The van der Waals surface area contributed by atoms with Gasteiger partial charge in [-0.3, -0.25) is 0 Å². The van der Waals surface area contributed by atoms with Crippen LogP contribution < -0.4 is 5.73 Å². The molecular formula is C10H19N. The quantitative estimate of drug-likeness (QED) is 0.620. The molecule has 1 nitrogen and oxygen atoms in total. The Morgan fingerprint density at radius 3 is 2.27 bits per heavy atom. The van der Waals surface area contributed by atoms with Gasteiger partial charge in [0.2, 0.25) is 0 Å². The Hall–Kier alpha value is -0.820. The molecule has 0 heterocycles. The van der Waals surface area contributed by atoms with Gasteiger partial charge in [0.1, 0.15) is 0 Å². The molecule has 0 aromatic rings. The molecule has 0 rings (SSSR count). The van der Waals surface area contributed by atoms with Crippen molar-refractivity contribution in [2.75, 3.05) is 6.54 Å². The van der Waals surface area contributed by atoms with Gasteiger partial charge in [-0.25, -0.2) is 0 Å². The monoisotopic (exact) mass is 153 g/mol. The van der Waals surface area contributed by atoms with Gasteiger partial charge < -0.3 is 5.73 Å². The molecule has 64 valence electrons. The number of hydrogen-bond donors (Lipinski definition) is 1. The Morgan fingerprint density at radius 2 is 2.00 bits per heavy atom. The zero-order chi connectivity index (χ0) is 9.11. The molecule has 0 spiro atoms. The Kier molecular flexibility index (Phi) is 13.9. The van der Waals surface area contributed by atoms with Gasteiger partial charge in [-0.05, 0) is 12.5 Å². The highest BCUT2D eigenvalue weighted by atomic mass is 14.5. The largest absolute Gasteiger partial charge is 0.327 e. The van der Waals surface area contributed by atoms with Crippen LogP contribution in [0.4, 0.5) is 0 Å². The average molecular weight is 153 g/mol. The van der Waals surface area contributed by atoms with Crippen LogP contribution in [0, 0.1) is 0 Å². The molecule has 0 saturated heterocycles. The topological polar surface area (TPSA) is 26.0 Å². The first-order valence-corrected chi connectivity index (χ1v) is 3.99. The standard InChI is InChI=1S/C8H13N.C2H6/c1-3-5-6-8(4-2)7-9;1-2/h3-6H,1,7,9H2,2H3;1-2H3/b6-5-,8-4+;. The summed E-state index contributed by atoms with van der Waals surface area (Å²) < 4.78 is 0. The van der Waals surface area contributed by atoms with E-state index in [9.17, 15) is 0 Å².